The quantitative estimate of drug-likeness (QED) is 0.690. The zero-order valence-corrected chi connectivity index (χ0v) is 19.6. The van der Waals surface area contributed by atoms with Crippen molar-refractivity contribution in [3.05, 3.63) is 64.7 Å². The van der Waals surface area contributed by atoms with Gasteiger partial charge in [-0.05, 0) is 76.9 Å². The lowest BCUT2D eigenvalue weighted by atomic mass is 10.0. The Morgan fingerprint density at radius 2 is 1.65 bits per heavy atom. The van der Waals surface area contributed by atoms with Crippen LogP contribution in [0, 0.1) is 20.8 Å². The molecule has 7 heteroatoms. The Bertz CT molecular complexity index is 991. The molecule has 1 saturated heterocycles. The van der Waals surface area contributed by atoms with E-state index in [-0.39, 0.29) is 16.8 Å². The molecule has 31 heavy (non-hydrogen) atoms. The summed E-state index contributed by atoms with van der Waals surface area (Å²) in [5.74, 6) is -0.274. The van der Waals surface area contributed by atoms with Gasteiger partial charge in [0.2, 0.25) is 15.9 Å². The molecule has 1 fully saturated rings. The van der Waals surface area contributed by atoms with E-state index in [2.05, 4.69) is 22.0 Å². The van der Waals surface area contributed by atoms with Crippen molar-refractivity contribution in [1.29, 1.82) is 0 Å². The van der Waals surface area contributed by atoms with E-state index in [1.165, 1.54) is 0 Å². The van der Waals surface area contributed by atoms with Gasteiger partial charge < -0.3 is 10.2 Å². The van der Waals surface area contributed by atoms with Crippen LogP contribution in [0.3, 0.4) is 0 Å². The molecule has 2 aromatic carbocycles. The van der Waals surface area contributed by atoms with Crippen LogP contribution in [0.25, 0.3) is 0 Å². The number of piperidine rings is 1. The van der Waals surface area contributed by atoms with Crippen molar-refractivity contribution in [1.82, 2.24) is 14.9 Å². The Labute approximate surface area is 186 Å². The predicted octanol–water partition coefficient (Wildman–Crippen LogP) is 2.71. The molecule has 0 radical (unpaired) electrons. The van der Waals surface area contributed by atoms with Crippen LogP contribution in [0.5, 0.6) is 0 Å². The standard InChI is InChI=1S/C24H33N3O3S/c1-17-14-18(2)23(19(3)15-17)31(29,30)26-22(16-20-8-6-5-7-9-20)24(28)25-21-10-12-27(4)13-11-21/h5-9,14-15,21-22,26H,10-13,16H2,1-4H3,(H,25,28). The molecule has 0 bridgehead atoms. The van der Waals surface area contributed by atoms with E-state index in [9.17, 15) is 13.2 Å². The molecule has 0 saturated carbocycles. The average molecular weight is 444 g/mol. The fraction of sp³-hybridized carbons (Fsp3) is 0.458. The highest BCUT2D eigenvalue weighted by molar-refractivity contribution is 7.89. The van der Waals surface area contributed by atoms with Crippen LogP contribution >= 0.6 is 0 Å². The van der Waals surface area contributed by atoms with Crippen LogP contribution in [0.1, 0.15) is 35.1 Å². The molecule has 1 aliphatic rings. The first-order valence-corrected chi connectivity index (χ1v) is 12.3. The molecule has 3 rings (SSSR count). The maximum atomic E-state index is 13.3. The van der Waals surface area contributed by atoms with Crippen molar-refractivity contribution in [3.8, 4) is 0 Å². The van der Waals surface area contributed by atoms with Crippen molar-refractivity contribution >= 4 is 15.9 Å². The average Bonchev–Trinajstić information content (AvgIpc) is 2.68. The molecular weight excluding hydrogens is 410 g/mol. The molecule has 0 aromatic heterocycles. The second-order valence-electron chi connectivity index (χ2n) is 8.68. The maximum absolute atomic E-state index is 13.3. The van der Waals surface area contributed by atoms with E-state index in [0.717, 1.165) is 37.1 Å². The number of carbonyl (C=O) groups is 1. The minimum absolute atomic E-state index is 0.0642. The van der Waals surface area contributed by atoms with Crippen LogP contribution in [0.2, 0.25) is 0 Å². The van der Waals surface area contributed by atoms with Gasteiger partial charge in [0.05, 0.1) is 4.90 Å². The fourth-order valence-corrected chi connectivity index (χ4v) is 5.98. The molecule has 1 atom stereocenters. The highest BCUT2D eigenvalue weighted by atomic mass is 32.2. The molecule has 1 amide bonds. The van der Waals surface area contributed by atoms with Gasteiger partial charge in [-0.1, -0.05) is 48.0 Å². The van der Waals surface area contributed by atoms with Crippen LogP contribution in [-0.4, -0.2) is 51.4 Å². The van der Waals surface area contributed by atoms with Gasteiger partial charge in [-0.15, -0.1) is 0 Å². The summed E-state index contributed by atoms with van der Waals surface area (Å²) < 4.78 is 29.4. The van der Waals surface area contributed by atoms with Crippen LogP contribution in [0.4, 0.5) is 0 Å². The van der Waals surface area contributed by atoms with Gasteiger partial charge in [0.25, 0.3) is 0 Å². The smallest absolute Gasteiger partial charge is 0.241 e. The number of nitrogens with zero attached hydrogens (tertiary/aromatic N) is 1. The lowest BCUT2D eigenvalue weighted by Gasteiger charge is -2.31. The highest BCUT2D eigenvalue weighted by Crippen LogP contribution is 2.22. The van der Waals surface area contributed by atoms with E-state index in [1.54, 1.807) is 13.8 Å². The summed E-state index contributed by atoms with van der Waals surface area (Å²) in [7, 11) is -1.81. The number of hydrogen-bond donors (Lipinski definition) is 2. The van der Waals surface area contributed by atoms with E-state index in [4.69, 9.17) is 0 Å². The SMILES string of the molecule is Cc1cc(C)c(S(=O)(=O)NC(Cc2ccccc2)C(=O)NC2CCN(C)CC2)c(C)c1. The van der Waals surface area contributed by atoms with Gasteiger partial charge in [-0.2, -0.15) is 4.72 Å². The monoisotopic (exact) mass is 443 g/mol. The summed E-state index contributed by atoms with van der Waals surface area (Å²) in [5.41, 5.74) is 3.28. The van der Waals surface area contributed by atoms with Crippen molar-refractivity contribution in [2.24, 2.45) is 0 Å². The first-order chi connectivity index (χ1) is 14.7. The summed E-state index contributed by atoms with van der Waals surface area (Å²) in [6, 6.07) is 12.4. The van der Waals surface area contributed by atoms with Gasteiger partial charge in [0, 0.05) is 6.04 Å². The summed E-state index contributed by atoms with van der Waals surface area (Å²) in [6.07, 6.45) is 2.02. The lowest BCUT2D eigenvalue weighted by Crippen LogP contribution is -2.52. The third-order valence-electron chi connectivity index (χ3n) is 5.83. The largest absolute Gasteiger partial charge is 0.352 e. The highest BCUT2D eigenvalue weighted by Gasteiger charge is 2.30. The van der Waals surface area contributed by atoms with Gasteiger partial charge >= 0.3 is 0 Å². The van der Waals surface area contributed by atoms with Crippen LogP contribution < -0.4 is 10.0 Å². The molecule has 1 aliphatic heterocycles. The van der Waals surface area contributed by atoms with Crippen molar-refractivity contribution < 1.29 is 13.2 Å². The maximum Gasteiger partial charge on any atom is 0.241 e. The number of nitrogens with one attached hydrogen (secondary N) is 2. The lowest BCUT2D eigenvalue weighted by molar-refractivity contribution is -0.123. The predicted molar refractivity (Wildman–Crippen MR) is 124 cm³/mol. The van der Waals surface area contributed by atoms with Gasteiger partial charge in [0.1, 0.15) is 6.04 Å². The topological polar surface area (TPSA) is 78.5 Å². The number of aryl methyl sites for hydroxylation is 3. The number of benzene rings is 2. The van der Waals surface area contributed by atoms with E-state index in [1.807, 2.05) is 49.4 Å². The minimum atomic E-state index is -3.87. The number of hydrogen-bond acceptors (Lipinski definition) is 4. The zero-order valence-electron chi connectivity index (χ0n) is 18.8. The third-order valence-corrected chi connectivity index (χ3v) is 7.61. The third kappa shape index (κ3) is 6.15. The Morgan fingerprint density at radius 1 is 1.06 bits per heavy atom. The molecule has 6 nitrogen and oxygen atoms in total. The first kappa shape index (κ1) is 23.4. The first-order valence-electron chi connectivity index (χ1n) is 10.8. The molecular formula is C24H33N3O3S. The van der Waals surface area contributed by atoms with Crippen molar-refractivity contribution in [2.45, 2.75) is 57.0 Å². The van der Waals surface area contributed by atoms with Gasteiger partial charge in [-0.25, -0.2) is 8.42 Å². The van der Waals surface area contributed by atoms with Crippen molar-refractivity contribution in [2.75, 3.05) is 20.1 Å². The minimum Gasteiger partial charge on any atom is -0.352 e. The molecule has 2 aromatic rings. The second-order valence-corrected chi connectivity index (χ2v) is 10.3. The second kappa shape index (κ2) is 9.94. The summed E-state index contributed by atoms with van der Waals surface area (Å²) in [6.45, 7) is 7.36. The molecule has 0 aliphatic carbocycles. The van der Waals surface area contributed by atoms with E-state index < -0.39 is 16.1 Å². The number of likely N-dealkylation sites (tertiary alicyclic amines) is 1. The zero-order chi connectivity index (χ0) is 22.6. The normalized spacial score (nSPS) is 16.8. The Balaban J connectivity index is 1.84. The Hall–Kier alpha value is -2.22. The Morgan fingerprint density at radius 3 is 2.23 bits per heavy atom. The fourth-order valence-electron chi connectivity index (χ4n) is 4.33. The number of rotatable bonds is 7. The van der Waals surface area contributed by atoms with Gasteiger partial charge in [-0.3, -0.25) is 4.79 Å². The van der Waals surface area contributed by atoms with Crippen molar-refractivity contribution in [3.63, 3.8) is 0 Å². The molecule has 168 valence electrons. The summed E-state index contributed by atoms with van der Waals surface area (Å²) >= 11 is 0. The summed E-state index contributed by atoms with van der Waals surface area (Å²) in [4.78, 5) is 15.7. The summed E-state index contributed by atoms with van der Waals surface area (Å²) in [5, 5.41) is 3.08. The number of sulfonamides is 1. The number of amides is 1. The molecule has 1 heterocycles. The van der Waals surface area contributed by atoms with E-state index >= 15 is 0 Å². The Kier molecular flexibility index (Phi) is 7.51. The van der Waals surface area contributed by atoms with Crippen LogP contribution in [0.15, 0.2) is 47.4 Å². The number of carbonyl (C=O) groups excluding carboxylic acids is 1. The van der Waals surface area contributed by atoms with Gasteiger partial charge in [0.15, 0.2) is 0 Å². The molecule has 2 N–H and O–H groups in total. The van der Waals surface area contributed by atoms with Crippen LogP contribution in [-0.2, 0) is 21.2 Å². The molecule has 0 spiro atoms. The van der Waals surface area contributed by atoms with E-state index in [0.29, 0.717) is 17.5 Å². The molecule has 1 unspecified atom stereocenters.